The van der Waals surface area contributed by atoms with Crippen LogP contribution >= 0.6 is 0 Å². The number of aryl methyl sites for hydroxylation is 2. The number of para-hydroxylation sites is 1. The molecule has 0 heterocycles. The first-order valence-corrected chi connectivity index (χ1v) is 10.3. The minimum absolute atomic E-state index is 0.184. The summed E-state index contributed by atoms with van der Waals surface area (Å²) < 4.78 is 5.13. The molecule has 0 aliphatic heterocycles. The van der Waals surface area contributed by atoms with E-state index in [1.54, 1.807) is 19.9 Å². The Morgan fingerprint density at radius 1 is 0.903 bits per heavy atom. The molecule has 0 bridgehead atoms. The van der Waals surface area contributed by atoms with E-state index in [1.165, 1.54) is 11.6 Å². The topological polar surface area (TPSA) is 55.4 Å². The summed E-state index contributed by atoms with van der Waals surface area (Å²) in [5, 5.41) is 2.98. The molecule has 31 heavy (non-hydrogen) atoms. The number of nitrogens with one attached hydrogen (secondary N) is 1. The molecule has 3 rings (SSSR count). The molecule has 0 aromatic heterocycles. The Kier molecular flexibility index (Phi) is 7.03. The maximum absolute atomic E-state index is 13.1. The monoisotopic (exact) mass is 413 g/mol. The van der Waals surface area contributed by atoms with Gasteiger partial charge in [0.25, 0.3) is 5.91 Å². The van der Waals surface area contributed by atoms with Crippen molar-refractivity contribution in [3.8, 4) is 11.1 Å². The molecule has 4 heteroatoms. The lowest BCUT2D eigenvalue weighted by molar-refractivity contribution is -0.141. The molecule has 0 saturated heterocycles. The molecular formula is C27H27NO3. The van der Waals surface area contributed by atoms with Gasteiger partial charge < -0.3 is 10.1 Å². The van der Waals surface area contributed by atoms with Crippen LogP contribution in [0.2, 0.25) is 0 Å². The number of hydrogen-bond donors (Lipinski definition) is 1. The molecular weight excluding hydrogens is 386 g/mol. The van der Waals surface area contributed by atoms with Crippen LogP contribution in [0.5, 0.6) is 0 Å². The fraction of sp³-hybridized carbons (Fsp3) is 0.185. The highest BCUT2D eigenvalue weighted by atomic mass is 16.5. The standard InChI is InChI=1S/C27H27NO3/c1-18(2)31-26(29)15-14-21-9-5-6-11-25(21)28-27(30)24-17-23(13-12-20(24)4)22-10-7-8-19(3)16-22/h5-18H,1-4H3,(H,28,30)/b15-14+. The first-order chi connectivity index (χ1) is 14.8. The lowest BCUT2D eigenvalue weighted by atomic mass is 9.98. The second-order valence-corrected chi connectivity index (χ2v) is 7.76. The lowest BCUT2D eigenvalue weighted by Crippen LogP contribution is -2.14. The van der Waals surface area contributed by atoms with Crippen LogP contribution in [0, 0.1) is 13.8 Å². The maximum atomic E-state index is 13.1. The van der Waals surface area contributed by atoms with Gasteiger partial charge in [-0.3, -0.25) is 4.79 Å². The molecule has 0 aliphatic carbocycles. The van der Waals surface area contributed by atoms with Crippen LogP contribution < -0.4 is 5.32 Å². The predicted octanol–water partition coefficient (Wildman–Crippen LogP) is 6.19. The molecule has 158 valence electrons. The molecule has 0 atom stereocenters. The largest absolute Gasteiger partial charge is 0.460 e. The zero-order valence-corrected chi connectivity index (χ0v) is 18.3. The van der Waals surface area contributed by atoms with Gasteiger partial charge in [0.1, 0.15) is 0 Å². The van der Waals surface area contributed by atoms with Crippen LogP contribution in [0.4, 0.5) is 5.69 Å². The summed E-state index contributed by atoms with van der Waals surface area (Å²) in [7, 11) is 0. The van der Waals surface area contributed by atoms with Crippen LogP contribution in [0.15, 0.2) is 72.8 Å². The zero-order valence-electron chi connectivity index (χ0n) is 18.3. The molecule has 4 nitrogen and oxygen atoms in total. The minimum atomic E-state index is -0.419. The van der Waals surface area contributed by atoms with Crippen molar-refractivity contribution >= 4 is 23.6 Å². The number of rotatable bonds is 6. The van der Waals surface area contributed by atoms with Gasteiger partial charge in [-0.05, 0) is 68.2 Å². The number of amides is 1. The second-order valence-electron chi connectivity index (χ2n) is 7.76. The van der Waals surface area contributed by atoms with Crippen LogP contribution in [0.3, 0.4) is 0 Å². The summed E-state index contributed by atoms with van der Waals surface area (Å²) in [6, 6.07) is 21.4. The van der Waals surface area contributed by atoms with Crippen molar-refractivity contribution in [2.24, 2.45) is 0 Å². The van der Waals surface area contributed by atoms with E-state index in [1.807, 2.05) is 74.5 Å². The molecule has 0 radical (unpaired) electrons. The molecule has 0 spiro atoms. The van der Waals surface area contributed by atoms with E-state index in [0.717, 1.165) is 22.3 Å². The smallest absolute Gasteiger partial charge is 0.331 e. The summed E-state index contributed by atoms with van der Waals surface area (Å²) in [4.78, 5) is 24.9. The third-order valence-corrected chi connectivity index (χ3v) is 4.79. The Morgan fingerprint density at radius 3 is 2.39 bits per heavy atom. The van der Waals surface area contributed by atoms with E-state index < -0.39 is 5.97 Å². The average molecular weight is 414 g/mol. The molecule has 0 saturated carbocycles. The predicted molar refractivity (Wildman–Crippen MR) is 126 cm³/mol. The van der Waals surface area contributed by atoms with E-state index in [-0.39, 0.29) is 12.0 Å². The molecule has 1 N–H and O–H groups in total. The quantitative estimate of drug-likeness (QED) is 0.387. The van der Waals surface area contributed by atoms with Gasteiger partial charge in [-0.15, -0.1) is 0 Å². The Hall–Kier alpha value is -3.66. The average Bonchev–Trinajstić information content (AvgIpc) is 2.73. The van der Waals surface area contributed by atoms with Gasteiger partial charge in [0.2, 0.25) is 0 Å². The van der Waals surface area contributed by atoms with E-state index in [9.17, 15) is 9.59 Å². The molecule has 3 aromatic rings. The first kappa shape index (κ1) is 22.0. The van der Waals surface area contributed by atoms with Crippen molar-refractivity contribution in [1.29, 1.82) is 0 Å². The fourth-order valence-electron chi connectivity index (χ4n) is 3.25. The van der Waals surface area contributed by atoms with Gasteiger partial charge in [-0.2, -0.15) is 0 Å². The number of esters is 1. The van der Waals surface area contributed by atoms with Crippen LogP contribution in [0.25, 0.3) is 17.2 Å². The highest BCUT2D eigenvalue weighted by molar-refractivity contribution is 6.07. The molecule has 0 aliphatic rings. The van der Waals surface area contributed by atoms with Gasteiger partial charge in [-0.1, -0.05) is 60.2 Å². The normalized spacial score (nSPS) is 11.0. The molecule has 0 unspecified atom stereocenters. The van der Waals surface area contributed by atoms with E-state index in [4.69, 9.17) is 4.74 Å². The van der Waals surface area contributed by atoms with Gasteiger partial charge in [0.15, 0.2) is 0 Å². The highest BCUT2D eigenvalue weighted by Crippen LogP contribution is 2.25. The minimum Gasteiger partial charge on any atom is -0.460 e. The van der Waals surface area contributed by atoms with Crippen molar-refractivity contribution in [3.05, 3.63) is 95.1 Å². The fourth-order valence-corrected chi connectivity index (χ4v) is 3.25. The van der Waals surface area contributed by atoms with Gasteiger partial charge in [0.05, 0.1) is 6.10 Å². The number of anilines is 1. The van der Waals surface area contributed by atoms with Crippen LogP contribution in [-0.2, 0) is 9.53 Å². The summed E-state index contributed by atoms with van der Waals surface area (Å²) in [5.41, 5.74) is 6.08. The van der Waals surface area contributed by atoms with Crippen molar-refractivity contribution in [1.82, 2.24) is 0 Å². The Balaban J connectivity index is 1.85. The van der Waals surface area contributed by atoms with Gasteiger partial charge in [0, 0.05) is 17.3 Å². The second kappa shape index (κ2) is 9.90. The number of carbonyl (C=O) groups is 2. The third-order valence-electron chi connectivity index (χ3n) is 4.79. The number of benzene rings is 3. The van der Waals surface area contributed by atoms with E-state index >= 15 is 0 Å². The van der Waals surface area contributed by atoms with Crippen molar-refractivity contribution in [2.75, 3.05) is 5.32 Å². The Morgan fingerprint density at radius 2 is 1.65 bits per heavy atom. The number of ether oxygens (including phenoxy) is 1. The van der Waals surface area contributed by atoms with Gasteiger partial charge in [-0.25, -0.2) is 4.79 Å². The van der Waals surface area contributed by atoms with E-state index in [0.29, 0.717) is 11.3 Å². The number of carbonyl (C=O) groups excluding carboxylic acids is 2. The Labute approximate surface area is 183 Å². The van der Waals surface area contributed by atoms with Gasteiger partial charge >= 0.3 is 5.97 Å². The van der Waals surface area contributed by atoms with E-state index in [2.05, 4.69) is 11.4 Å². The van der Waals surface area contributed by atoms with Crippen molar-refractivity contribution < 1.29 is 14.3 Å². The SMILES string of the molecule is Cc1cccc(-c2ccc(C)c(C(=O)Nc3ccccc3/C=C/C(=O)OC(C)C)c2)c1. The van der Waals surface area contributed by atoms with Crippen LogP contribution in [-0.4, -0.2) is 18.0 Å². The Bertz CT molecular complexity index is 1130. The molecule has 3 aromatic carbocycles. The number of hydrogen-bond acceptors (Lipinski definition) is 3. The zero-order chi connectivity index (χ0) is 22.4. The summed E-state index contributed by atoms with van der Waals surface area (Å²) in [6.45, 7) is 7.57. The summed E-state index contributed by atoms with van der Waals surface area (Å²) in [6.07, 6.45) is 2.83. The molecule has 0 fully saturated rings. The summed E-state index contributed by atoms with van der Waals surface area (Å²) in [5.74, 6) is -0.615. The lowest BCUT2D eigenvalue weighted by Gasteiger charge is -2.12. The first-order valence-electron chi connectivity index (χ1n) is 10.3. The highest BCUT2D eigenvalue weighted by Gasteiger charge is 2.13. The van der Waals surface area contributed by atoms with Crippen LogP contribution in [0.1, 0.15) is 40.9 Å². The maximum Gasteiger partial charge on any atom is 0.331 e. The summed E-state index contributed by atoms with van der Waals surface area (Å²) >= 11 is 0. The molecule has 1 amide bonds. The van der Waals surface area contributed by atoms with Crippen molar-refractivity contribution in [3.63, 3.8) is 0 Å². The third kappa shape index (κ3) is 5.92. The van der Waals surface area contributed by atoms with Crippen molar-refractivity contribution in [2.45, 2.75) is 33.8 Å².